The number of fused-ring (bicyclic) bond motifs is 2. The molecule has 1 aromatic heterocycles. The Morgan fingerprint density at radius 2 is 1.85 bits per heavy atom. The van der Waals surface area contributed by atoms with Crippen LogP contribution in [0.3, 0.4) is 0 Å². The zero-order chi connectivity index (χ0) is 13.5. The molecule has 0 radical (unpaired) electrons. The van der Waals surface area contributed by atoms with Gasteiger partial charge in [-0.15, -0.1) is 11.3 Å². The van der Waals surface area contributed by atoms with E-state index in [4.69, 9.17) is 4.74 Å². The molecule has 100 valence electrons. The van der Waals surface area contributed by atoms with Crippen molar-refractivity contribution in [2.75, 3.05) is 0 Å². The van der Waals surface area contributed by atoms with Gasteiger partial charge in [-0.2, -0.15) is 0 Å². The Kier molecular flexibility index (Phi) is 3.14. The van der Waals surface area contributed by atoms with Crippen molar-refractivity contribution in [3.05, 3.63) is 70.1 Å². The van der Waals surface area contributed by atoms with Crippen LogP contribution in [0, 0.1) is 0 Å². The molecule has 0 fully saturated rings. The lowest BCUT2D eigenvalue weighted by Crippen LogP contribution is -1.92. The summed E-state index contributed by atoms with van der Waals surface area (Å²) in [6.07, 6.45) is 0. The van der Waals surface area contributed by atoms with Gasteiger partial charge in [0.15, 0.2) is 0 Å². The molecule has 2 aromatic carbocycles. The number of hydrogen-bond acceptors (Lipinski definition) is 2. The summed E-state index contributed by atoms with van der Waals surface area (Å²) in [5, 5.41) is 1.32. The van der Waals surface area contributed by atoms with E-state index in [2.05, 4.69) is 64.5 Å². The maximum Gasteiger partial charge on any atom is 0.0738 e. The van der Waals surface area contributed by atoms with E-state index in [-0.39, 0.29) is 4.83 Å². The number of alkyl halides is 1. The number of rotatable bonds is 2. The summed E-state index contributed by atoms with van der Waals surface area (Å²) in [5.74, 6) is 0. The van der Waals surface area contributed by atoms with E-state index in [1.807, 2.05) is 11.3 Å². The van der Waals surface area contributed by atoms with Crippen molar-refractivity contribution in [2.24, 2.45) is 0 Å². The highest BCUT2D eigenvalue weighted by molar-refractivity contribution is 9.09. The van der Waals surface area contributed by atoms with Gasteiger partial charge in [0.25, 0.3) is 0 Å². The minimum Gasteiger partial charge on any atom is -0.372 e. The molecule has 0 N–H and O–H groups in total. The number of thiophene rings is 1. The van der Waals surface area contributed by atoms with Crippen LogP contribution >= 0.6 is 27.3 Å². The van der Waals surface area contributed by atoms with Crippen LogP contribution in [0.25, 0.3) is 10.1 Å². The highest BCUT2D eigenvalue weighted by Gasteiger charge is 2.17. The molecule has 2 heterocycles. The minimum absolute atomic E-state index is 0.255. The molecule has 3 heteroatoms. The summed E-state index contributed by atoms with van der Waals surface area (Å²) in [6, 6.07) is 17.5. The molecule has 0 amide bonds. The Morgan fingerprint density at radius 1 is 1.00 bits per heavy atom. The Balaban J connectivity index is 1.74. The quantitative estimate of drug-likeness (QED) is 0.564. The van der Waals surface area contributed by atoms with E-state index in [1.54, 1.807) is 0 Å². The summed E-state index contributed by atoms with van der Waals surface area (Å²) >= 11 is 5.71. The standard InChI is InChI=1S/C17H13BrOS/c18-17(12-5-6-13-9-19-10-14(13)7-12)16-8-11-3-1-2-4-15(11)20-16/h1-8,17H,9-10H2. The summed E-state index contributed by atoms with van der Waals surface area (Å²) in [4.78, 5) is 1.61. The molecule has 1 aliphatic rings. The van der Waals surface area contributed by atoms with E-state index in [0.717, 1.165) is 13.2 Å². The second kappa shape index (κ2) is 4.99. The average Bonchev–Trinajstić information content (AvgIpc) is 3.11. The number of halogens is 1. The molecule has 0 saturated carbocycles. The van der Waals surface area contributed by atoms with Crippen LogP contribution < -0.4 is 0 Å². The van der Waals surface area contributed by atoms with Gasteiger partial charge in [-0.3, -0.25) is 0 Å². The van der Waals surface area contributed by atoms with Gasteiger partial charge in [0, 0.05) is 9.58 Å². The van der Waals surface area contributed by atoms with Gasteiger partial charge < -0.3 is 4.74 Å². The third kappa shape index (κ3) is 2.10. The molecule has 4 rings (SSSR count). The van der Waals surface area contributed by atoms with E-state index in [9.17, 15) is 0 Å². The first-order valence-electron chi connectivity index (χ1n) is 6.63. The van der Waals surface area contributed by atoms with Crippen LogP contribution in [0.15, 0.2) is 48.5 Å². The molecular weight excluding hydrogens is 332 g/mol. The number of benzene rings is 2. The van der Waals surface area contributed by atoms with Crippen LogP contribution in [0.4, 0.5) is 0 Å². The van der Waals surface area contributed by atoms with E-state index in [0.29, 0.717) is 0 Å². The molecule has 0 spiro atoms. The van der Waals surface area contributed by atoms with Crippen LogP contribution in [-0.2, 0) is 18.0 Å². The highest BCUT2D eigenvalue weighted by atomic mass is 79.9. The molecule has 20 heavy (non-hydrogen) atoms. The topological polar surface area (TPSA) is 9.23 Å². The highest BCUT2D eigenvalue weighted by Crippen LogP contribution is 2.39. The molecule has 0 aliphatic carbocycles. The van der Waals surface area contributed by atoms with Gasteiger partial charge in [-0.25, -0.2) is 0 Å². The van der Waals surface area contributed by atoms with Crippen molar-refractivity contribution in [3.63, 3.8) is 0 Å². The van der Waals surface area contributed by atoms with Gasteiger partial charge in [0.1, 0.15) is 0 Å². The van der Waals surface area contributed by atoms with Crippen LogP contribution in [0.5, 0.6) is 0 Å². The lowest BCUT2D eigenvalue weighted by Gasteiger charge is -2.09. The Morgan fingerprint density at radius 3 is 2.75 bits per heavy atom. The predicted octanol–water partition coefficient (Wildman–Crippen LogP) is 5.42. The first-order valence-corrected chi connectivity index (χ1v) is 8.36. The van der Waals surface area contributed by atoms with Crippen molar-refractivity contribution in [1.82, 2.24) is 0 Å². The molecule has 0 bridgehead atoms. The van der Waals surface area contributed by atoms with Crippen molar-refractivity contribution in [2.45, 2.75) is 18.0 Å². The van der Waals surface area contributed by atoms with Crippen LogP contribution in [-0.4, -0.2) is 0 Å². The van der Waals surface area contributed by atoms with Crippen LogP contribution in [0.1, 0.15) is 26.4 Å². The smallest absolute Gasteiger partial charge is 0.0738 e. The first kappa shape index (κ1) is 12.6. The maximum absolute atomic E-state index is 5.49. The zero-order valence-corrected chi connectivity index (χ0v) is 13.2. The molecule has 1 aliphatic heterocycles. The lowest BCUT2D eigenvalue weighted by molar-refractivity contribution is 0.134. The maximum atomic E-state index is 5.49. The van der Waals surface area contributed by atoms with E-state index in [1.165, 1.54) is 31.7 Å². The second-order valence-corrected chi connectivity index (χ2v) is 7.10. The molecule has 1 nitrogen and oxygen atoms in total. The molecule has 3 aromatic rings. The summed E-state index contributed by atoms with van der Waals surface area (Å²) in [5.41, 5.74) is 3.96. The van der Waals surface area contributed by atoms with Gasteiger partial charge >= 0.3 is 0 Å². The Bertz CT molecular complexity index is 745. The number of hydrogen-bond donors (Lipinski definition) is 0. The number of ether oxygens (including phenoxy) is 1. The van der Waals surface area contributed by atoms with E-state index >= 15 is 0 Å². The third-order valence-electron chi connectivity index (χ3n) is 3.73. The molecule has 1 unspecified atom stereocenters. The van der Waals surface area contributed by atoms with Crippen molar-refractivity contribution >= 4 is 37.4 Å². The van der Waals surface area contributed by atoms with Crippen molar-refractivity contribution < 1.29 is 4.74 Å². The summed E-state index contributed by atoms with van der Waals surface area (Å²) in [6.45, 7) is 1.50. The van der Waals surface area contributed by atoms with Gasteiger partial charge in [-0.05, 0) is 34.2 Å². The summed E-state index contributed by atoms with van der Waals surface area (Å²) < 4.78 is 6.83. The van der Waals surface area contributed by atoms with E-state index < -0.39 is 0 Å². The first-order chi connectivity index (χ1) is 9.81. The Hall–Kier alpha value is -1.16. The Labute approximate surface area is 130 Å². The monoisotopic (exact) mass is 344 g/mol. The normalized spacial score (nSPS) is 15.4. The van der Waals surface area contributed by atoms with Gasteiger partial charge in [0.2, 0.25) is 0 Å². The predicted molar refractivity (Wildman–Crippen MR) is 87.5 cm³/mol. The fourth-order valence-corrected chi connectivity index (χ4v) is 4.41. The third-order valence-corrected chi connectivity index (χ3v) is 6.24. The second-order valence-electron chi connectivity index (χ2n) is 5.07. The lowest BCUT2D eigenvalue weighted by atomic mass is 10.0. The van der Waals surface area contributed by atoms with Crippen LogP contribution in [0.2, 0.25) is 0 Å². The fourth-order valence-electron chi connectivity index (χ4n) is 2.64. The van der Waals surface area contributed by atoms with Crippen molar-refractivity contribution in [3.8, 4) is 0 Å². The van der Waals surface area contributed by atoms with Gasteiger partial charge in [-0.1, -0.05) is 52.3 Å². The molecule has 0 saturated heterocycles. The summed E-state index contributed by atoms with van der Waals surface area (Å²) in [7, 11) is 0. The fraction of sp³-hybridized carbons (Fsp3) is 0.176. The zero-order valence-electron chi connectivity index (χ0n) is 10.8. The minimum atomic E-state index is 0.255. The van der Waals surface area contributed by atoms with Crippen molar-refractivity contribution in [1.29, 1.82) is 0 Å². The largest absolute Gasteiger partial charge is 0.372 e. The molecule has 1 atom stereocenters. The SMILES string of the molecule is BrC(c1ccc2c(c1)COC2)c1cc2ccccc2s1. The average molecular weight is 345 g/mol. The molecular formula is C17H13BrOS. The van der Waals surface area contributed by atoms with Gasteiger partial charge in [0.05, 0.1) is 18.0 Å².